The predicted octanol–water partition coefficient (Wildman–Crippen LogP) is 0.908. The molecule has 8 heteroatoms. The molecule has 0 spiro atoms. The molecule has 2 fully saturated rings. The molecule has 1 N–H and O–H groups in total. The minimum Gasteiger partial charge on any atom is -0.390 e. The van der Waals surface area contributed by atoms with Gasteiger partial charge in [-0.3, -0.25) is 14.0 Å². The molecule has 0 saturated carbocycles. The van der Waals surface area contributed by atoms with Crippen LogP contribution in [0, 0.1) is 5.92 Å². The van der Waals surface area contributed by atoms with Gasteiger partial charge in [0.2, 0.25) is 0 Å². The molecular formula is C21H30N4O4. The quantitative estimate of drug-likeness (QED) is 0.737. The summed E-state index contributed by atoms with van der Waals surface area (Å²) in [4.78, 5) is 16.9. The minimum atomic E-state index is -0.648. The van der Waals surface area contributed by atoms with Crippen molar-refractivity contribution >= 4 is 0 Å². The number of nitrogens with zero attached hydrogens (tertiary/aromatic N) is 4. The van der Waals surface area contributed by atoms with E-state index in [0.717, 1.165) is 64.3 Å². The molecule has 0 radical (unpaired) electrons. The molecule has 0 aliphatic carbocycles. The molecule has 1 unspecified atom stereocenters. The van der Waals surface area contributed by atoms with Gasteiger partial charge in [-0.25, -0.2) is 4.79 Å². The molecule has 3 heterocycles. The van der Waals surface area contributed by atoms with Crippen LogP contribution in [0.4, 0.5) is 0 Å². The zero-order chi connectivity index (χ0) is 20.1. The highest BCUT2D eigenvalue weighted by molar-refractivity contribution is 5.54. The number of ether oxygens (including phenoxy) is 1. The topological polar surface area (TPSA) is 84.0 Å². The fraction of sp³-hybridized carbons (Fsp3) is 0.619. The summed E-state index contributed by atoms with van der Waals surface area (Å²) >= 11 is 0. The summed E-state index contributed by atoms with van der Waals surface area (Å²) in [5.74, 6) is 0.637. The number of morpholine rings is 1. The number of rotatable bonds is 7. The first kappa shape index (κ1) is 20.3. The Hall–Kier alpha value is -2.00. The predicted molar refractivity (Wildman–Crippen MR) is 109 cm³/mol. The van der Waals surface area contributed by atoms with Crippen LogP contribution in [0.2, 0.25) is 0 Å². The van der Waals surface area contributed by atoms with Crippen LogP contribution in [0.3, 0.4) is 0 Å². The first-order valence-electron chi connectivity index (χ1n) is 10.5. The summed E-state index contributed by atoms with van der Waals surface area (Å²) in [5.41, 5.74) is 0.800. The number of aliphatic hydroxyl groups excluding tert-OH is 1. The van der Waals surface area contributed by atoms with E-state index in [1.165, 1.54) is 4.57 Å². The molecule has 2 aliphatic heterocycles. The van der Waals surface area contributed by atoms with E-state index in [2.05, 4.69) is 15.0 Å². The number of benzene rings is 1. The Bertz CT molecular complexity index is 808. The van der Waals surface area contributed by atoms with Crippen molar-refractivity contribution in [3.63, 3.8) is 0 Å². The molecule has 1 aromatic carbocycles. The van der Waals surface area contributed by atoms with Crippen molar-refractivity contribution in [2.75, 3.05) is 52.5 Å². The largest absolute Gasteiger partial charge is 0.441 e. The lowest BCUT2D eigenvalue weighted by Crippen LogP contribution is -2.44. The Kier molecular flexibility index (Phi) is 6.76. The van der Waals surface area contributed by atoms with Crippen LogP contribution in [0.1, 0.15) is 12.8 Å². The lowest BCUT2D eigenvalue weighted by molar-refractivity contribution is 0.0210. The molecule has 4 rings (SSSR count). The van der Waals surface area contributed by atoms with Crippen molar-refractivity contribution in [1.82, 2.24) is 19.5 Å². The number of β-amino-alcohol motifs (C(OH)–C–C–N with tert-alkyl or cyclic N) is 1. The number of piperidine rings is 1. The van der Waals surface area contributed by atoms with E-state index >= 15 is 0 Å². The van der Waals surface area contributed by atoms with E-state index < -0.39 is 11.9 Å². The maximum Gasteiger partial charge on any atom is 0.441 e. The lowest BCUT2D eigenvalue weighted by atomic mass is 9.96. The summed E-state index contributed by atoms with van der Waals surface area (Å²) < 4.78 is 11.7. The highest BCUT2D eigenvalue weighted by Crippen LogP contribution is 2.20. The summed E-state index contributed by atoms with van der Waals surface area (Å²) in [6, 6.07) is 9.43. The number of aliphatic hydroxyl groups is 1. The van der Waals surface area contributed by atoms with E-state index in [1.54, 1.807) is 0 Å². The number of aromatic nitrogens is 2. The van der Waals surface area contributed by atoms with Crippen LogP contribution in [-0.4, -0.2) is 83.2 Å². The van der Waals surface area contributed by atoms with Gasteiger partial charge in [-0.2, -0.15) is 0 Å². The maximum atomic E-state index is 12.1. The first-order chi connectivity index (χ1) is 14.2. The molecule has 29 heavy (non-hydrogen) atoms. The van der Waals surface area contributed by atoms with E-state index in [0.29, 0.717) is 18.3 Å². The Morgan fingerprint density at radius 2 is 1.76 bits per heavy atom. The van der Waals surface area contributed by atoms with Gasteiger partial charge in [0.1, 0.15) is 0 Å². The van der Waals surface area contributed by atoms with Gasteiger partial charge in [-0.15, -0.1) is 0 Å². The Labute approximate surface area is 170 Å². The molecule has 0 amide bonds. The van der Waals surface area contributed by atoms with E-state index in [4.69, 9.17) is 9.26 Å². The van der Waals surface area contributed by atoms with Crippen molar-refractivity contribution in [3.8, 4) is 11.4 Å². The van der Waals surface area contributed by atoms with Gasteiger partial charge in [0.15, 0.2) is 5.82 Å². The molecule has 0 bridgehead atoms. The molecule has 2 aromatic rings. The third kappa shape index (κ3) is 5.33. The molecule has 8 nitrogen and oxygen atoms in total. The van der Waals surface area contributed by atoms with Crippen molar-refractivity contribution in [1.29, 1.82) is 0 Å². The fourth-order valence-electron chi connectivity index (χ4n) is 4.29. The van der Waals surface area contributed by atoms with Gasteiger partial charge in [-0.1, -0.05) is 35.5 Å². The third-order valence-electron chi connectivity index (χ3n) is 5.91. The highest BCUT2D eigenvalue weighted by atomic mass is 16.5. The normalized spacial score (nSPS) is 20.7. The van der Waals surface area contributed by atoms with Crippen LogP contribution in [0.25, 0.3) is 11.4 Å². The zero-order valence-corrected chi connectivity index (χ0v) is 16.8. The van der Waals surface area contributed by atoms with E-state index in [-0.39, 0.29) is 6.54 Å². The first-order valence-corrected chi connectivity index (χ1v) is 10.5. The maximum absolute atomic E-state index is 12.1. The Morgan fingerprint density at radius 1 is 1.03 bits per heavy atom. The molecule has 2 saturated heterocycles. The van der Waals surface area contributed by atoms with E-state index in [1.807, 2.05) is 30.3 Å². The second kappa shape index (κ2) is 9.67. The number of hydrogen-bond donors (Lipinski definition) is 1. The molecular weight excluding hydrogens is 372 g/mol. The summed E-state index contributed by atoms with van der Waals surface area (Å²) in [7, 11) is 0. The monoisotopic (exact) mass is 402 g/mol. The van der Waals surface area contributed by atoms with Crippen LogP contribution >= 0.6 is 0 Å². The zero-order valence-electron chi connectivity index (χ0n) is 16.8. The Balaban J connectivity index is 1.27. The van der Waals surface area contributed by atoms with E-state index in [9.17, 15) is 9.90 Å². The molecule has 158 valence electrons. The second-order valence-electron chi connectivity index (χ2n) is 8.06. The van der Waals surface area contributed by atoms with Crippen LogP contribution in [0.5, 0.6) is 0 Å². The van der Waals surface area contributed by atoms with Crippen LogP contribution < -0.4 is 5.76 Å². The average Bonchev–Trinajstić information content (AvgIpc) is 3.11. The van der Waals surface area contributed by atoms with Crippen molar-refractivity contribution in [2.24, 2.45) is 5.92 Å². The second-order valence-corrected chi connectivity index (χ2v) is 8.06. The van der Waals surface area contributed by atoms with Gasteiger partial charge >= 0.3 is 5.76 Å². The van der Waals surface area contributed by atoms with Crippen molar-refractivity contribution in [2.45, 2.75) is 25.5 Å². The highest BCUT2D eigenvalue weighted by Gasteiger charge is 2.24. The van der Waals surface area contributed by atoms with Crippen LogP contribution in [0.15, 0.2) is 39.6 Å². The SMILES string of the molecule is O=c1onc(-c2ccccc2)n1CC(O)CN1CCC(CN2CCOCC2)CC1. The minimum absolute atomic E-state index is 0.181. The summed E-state index contributed by atoms with van der Waals surface area (Å²) in [6.45, 7) is 7.61. The van der Waals surface area contributed by atoms with Gasteiger partial charge in [0.25, 0.3) is 0 Å². The van der Waals surface area contributed by atoms with Crippen molar-refractivity contribution < 1.29 is 14.4 Å². The van der Waals surface area contributed by atoms with Gasteiger partial charge in [-0.05, 0) is 31.8 Å². The smallest absolute Gasteiger partial charge is 0.390 e. The summed E-state index contributed by atoms with van der Waals surface area (Å²) in [6.07, 6.45) is 1.64. The van der Waals surface area contributed by atoms with Crippen LogP contribution in [-0.2, 0) is 11.3 Å². The van der Waals surface area contributed by atoms with Gasteiger partial charge in [0, 0.05) is 31.7 Å². The Morgan fingerprint density at radius 3 is 2.48 bits per heavy atom. The molecule has 2 aliphatic rings. The molecule has 1 aromatic heterocycles. The standard InChI is InChI=1S/C21H30N4O4/c26-19(16-25-20(22-29-21(25)27)18-4-2-1-3-5-18)15-23-8-6-17(7-9-23)14-24-10-12-28-13-11-24/h1-5,17,19,26H,6-16H2. The van der Waals surface area contributed by atoms with Crippen molar-refractivity contribution in [3.05, 3.63) is 40.9 Å². The summed E-state index contributed by atoms with van der Waals surface area (Å²) in [5, 5.41) is 14.5. The number of hydrogen-bond acceptors (Lipinski definition) is 7. The molecule has 1 atom stereocenters. The van der Waals surface area contributed by atoms with Gasteiger partial charge < -0.3 is 14.7 Å². The number of likely N-dealkylation sites (tertiary alicyclic amines) is 1. The lowest BCUT2D eigenvalue weighted by Gasteiger charge is -2.36. The average molecular weight is 402 g/mol. The van der Waals surface area contributed by atoms with Gasteiger partial charge in [0.05, 0.1) is 25.9 Å². The third-order valence-corrected chi connectivity index (χ3v) is 5.91. The fourth-order valence-corrected chi connectivity index (χ4v) is 4.29.